The van der Waals surface area contributed by atoms with Gasteiger partial charge in [-0.1, -0.05) is 0 Å². The van der Waals surface area contributed by atoms with Crippen molar-refractivity contribution in [3.8, 4) is 0 Å². The SMILES string of the molecule is CC1CN(c2ccc(C(F)(F)F)cn2)CCN1C(=O)O. The van der Waals surface area contributed by atoms with E-state index in [1.165, 1.54) is 11.0 Å². The molecule has 0 spiro atoms. The van der Waals surface area contributed by atoms with Crippen LogP contribution in [-0.2, 0) is 6.18 Å². The summed E-state index contributed by atoms with van der Waals surface area (Å²) in [4.78, 5) is 17.8. The van der Waals surface area contributed by atoms with Gasteiger partial charge in [-0.15, -0.1) is 0 Å². The van der Waals surface area contributed by atoms with Crippen molar-refractivity contribution in [1.82, 2.24) is 9.88 Å². The highest BCUT2D eigenvalue weighted by Gasteiger charge is 2.32. The maximum atomic E-state index is 12.4. The number of hydrogen-bond acceptors (Lipinski definition) is 3. The van der Waals surface area contributed by atoms with Crippen molar-refractivity contribution in [2.75, 3.05) is 24.5 Å². The Hall–Kier alpha value is -1.99. The van der Waals surface area contributed by atoms with Crippen LogP contribution in [0.4, 0.5) is 23.8 Å². The molecule has 0 saturated carbocycles. The average Bonchev–Trinajstić information content (AvgIpc) is 2.37. The molecule has 1 aromatic heterocycles. The number of pyridine rings is 1. The van der Waals surface area contributed by atoms with Crippen molar-refractivity contribution in [1.29, 1.82) is 0 Å². The second-order valence-electron chi connectivity index (χ2n) is 4.67. The summed E-state index contributed by atoms with van der Waals surface area (Å²) in [6.07, 6.45) is -4.60. The van der Waals surface area contributed by atoms with E-state index < -0.39 is 17.8 Å². The lowest BCUT2D eigenvalue weighted by Crippen LogP contribution is -2.53. The van der Waals surface area contributed by atoms with Crippen LogP contribution in [0.5, 0.6) is 0 Å². The van der Waals surface area contributed by atoms with Crippen LogP contribution in [0.1, 0.15) is 12.5 Å². The lowest BCUT2D eigenvalue weighted by molar-refractivity contribution is -0.137. The van der Waals surface area contributed by atoms with Crippen LogP contribution >= 0.6 is 0 Å². The van der Waals surface area contributed by atoms with Crippen LogP contribution in [0.3, 0.4) is 0 Å². The molecule has 0 bridgehead atoms. The quantitative estimate of drug-likeness (QED) is 0.862. The van der Waals surface area contributed by atoms with Gasteiger partial charge >= 0.3 is 12.3 Å². The number of aromatic nitrogens is 1. The highest BCUT2D eigenvalue weighted by Crippen LogP contribution is 2.29. The number of anilines is 1. The molecule has 1 saturated heterocycles. The van der Waals surface area contributed by atoms with Crippen molar-refractivity contribution in [2.24, 2.45) is 0 Å². The summed E-state index contributed by atoms with van der Waals surface area (Å²) in [6, 6.07) is 2.06. The fraction of sp³-hybridized carbons (Fsp3) is 0.500. The number of piperazine rings is 1. The topological polar surface area (TPSA) is 56.7 Å². The molecule has 0 aliphatic carbocycles. The Balaban J connectivity index is 2.08. The summed E-state index contributed by atoms with van der Waals surface area (Å²) in [5.41, 5.74) is -0.793. The van der Waals surface area contributed by atoms with Crippen molar-refractivity contribution in [3.05, 3.63) is 23.9 Å². The lowest BCUT2D eigenvalue weighted by atomic mass is 10.2. The normalized spacial score (nSPS) is 20.1. The van der Waals surface area contributed by atoms with Gasteiger partial charge in [0, 0.05) is 31.9 Å². The van der Waals surface area contributed by atoms with Crippen molar-refractivity contribution in [3.63, 3.8) is 0 Å². The molecule has 1 amide bonds. The molecule has 1 aromatic rings. The number of hydrogen-bond donors (Lipinski definition) is 1. The molecule has 0 radical (unpaired) electrons. The third-order valence-corrected chi connectivity index (χ3v) is 3.27. The van der Waals surface area contributed by atoms with Gasteiger partial charge in [-0.25, -0.2) is 9.78 Å². The van der Waals surface area contributed by atoms with Gasteiger partial charge in [-0.05, 0) is 19.1 Å². The molecule has 2 rings (SSSR count). The molecular weight excluding hydrogens is 275 g/mol. The van der Waals surface area contributed by atoms with Crippen LogP contribution < -0.4 is 4.90 Å². The van der Waals surface area contributed by atoms with Crippen LogP contribution in [-0.4, -0.2) is 46.8 Å². The Morgan fingerprint density at radius 1 is 1.40 bits per heavy atom. The fourth-order valence-electron chi connectivity index (χ4n) is 2.19. The van der Waals surface area contributed by atoms with Gasteiger partial charge in [-0.2, -0.15) is 13.2 Å². The minimum Gasteiger partial charge on any atom is -0.465 e. The molecule has 5 nitrogen and oxygen atoms in total. The maximum Gasteiger partial charge on any atom is 0.417 e. The van der Waals surface area contributed by atoms with Crippen molar-refractivity contribution >= 4 is 11.9 Å². The highest BCUT2D eigenvalue weighted by atomic mass is 19.4. The third-order valence-electron chi connectivity index (χ3n) is 3.27. The van der Waals surface area contributed by atoms with Crippen LogP contribution in [0, 0.1) is 0 Å². The number of amides is 1. The number of carbonyl (C=O) groups is 1. The molecule has 1 fully saturated rings. The van der Waals surface area contributed by atoms with E-state index in [9.17, 15) is 18.0 Å². The van der Waals surface area contributed by atoms with Gasteiger partial charge in [0.25, 0.3) is 0 Å². The molecule has 1 unspecified atom stereocenters. The van der Waals surface area contributed by atoms with Gasteiger partial charge in [-0.3, -0.25) is 0 Å². The second kappa shape index (κ2) is 5.18. The number of rotatable bonds is 1. The Bertz CT molecular complexity index is 490. The number of nitrogens with zero attached hydrogens (tertiary/aromatic N) is 3. The Morgan fingerprint density at radius 2 is 2.10 bits per heavy atom. The van der Waals surface area contributed by atoms with Gasteiger partial charge in [0.05, 0.1) is 5.56 Å². The van der Waals surface area contributed by atoms with Gasteiger partial charge < -0.3 is 14.9 Å². The summed E-state index contributed by atoms with van der Waals surface area (Å²) in [5.74, 6) is 0.426. The monoisotopic (exact) mass is 289 g/mol. The van der Waals surface area contributed by atoms with Crippen molar-refractivity contribution in [2.45, 2.75) is 19.1 Å². The largest absolute Gasteiger partial charge is 0.465 e. The second-order valence-corrected chi connectivity index (χ2v) is 4.67. The highest BCUT2D eigenvalue weighted by molar-refractivity contribution is 5.66. The van der Waals surface area contributed by atoms with Crippen LogP contribution in [0.25, 0.3) is 0 Å². The minimum absolute atomic E-state index is 0.231. The zero-order chi connectivity index (χ0) is 14.9. The van der Waals surface area contributed by atoms with E-state index in [1.807, 2.05) is 0 Å². The minimum atomic E-state index is -4.40. The van der Waals surface area contributed by atoms with E-state index >= 15 is 0 Å². The Labute approximate surface area is 113 Å². The first kappa shape index (κ1) is 14.4. The third kappa shape index (κ3) is 2.94. The van der Waals surface area contributed by atoms with E-state index in [1.54, 1.807) is 11.8 Å². The zero-order valence-corrected chi connectivity index (χ0v) is 10.8. The molecule has 8 heteroatoms. The molecule has 1 aliphatic rings. The standard InChI is InChI=1S/C12H14F3N3O2/c1-8-7-17(4-5-18(8)11(19)20)10-3-2-9(6-16-10)12(13,14)15/h2-3,6,8H,4-5,7H2,1H3,(H,19,20). The molecule has 2 heterocycles. The molecule has 20 heavy (non-hydrogen) atoms. The number of halogens is 3. The summed E-state index contributed by atoms with van der Waals surface area (Å²) in [6.45, 7) is 2.88. The van der Waals surface area contributed by atoms with Crippen LogP contribution in [0.15, 0.2) is 18.3 Å². The lowest BCUT2D eigenvalue weighted by Gasteiger charge is -2.38. The van der Waals surface area contributed by atoms with E-state index in [-0.39, 0.29) is 6.04 Å². The zero-order valence-electron chi connectivity index (χ0n) is 10.8. The van der Waals surface area contributed by atoms with E-state index in [0.717, 1.165) is 12.3 Å². The number of carboxylic acid groups (broad SMARTS) is 1. The molecule has 1 aliphatic heterocycles. The summed E-state index contributed by atoms with van der Waals surface area (Å²) >= 11 is 0. The number of alkyl halides is 3. The predicted octanol–water partition coefficient (Wildman–Crippen LogP) is 2.29. The Morgan fingerprint density at radius 3 is 2.55 bits per heavy atom. The summed E-state index contributed by atoms with van der Waals surface area (Å²) < 4.78 is 37.3. The first-order chi connectivity index (χ1) is 9.29. The van der Waals surface area contributed by atoms with Crippen molar-refractivity contribution < 1.29 is 23.1 Å². The molecule has 1 atom stereocenters. The first-order valence-electron chi connectivity index (χ1n) is 6.07. The molecular formula is C12H14F3N3O2. The predicted molar refractivity (Wildman–Crippen MR) is 65.6 cm³/mol. The van der Waals surface area contributed by atoms with E-state index in [2.05, 4.69) is 4.98 Å². The molecule has 110 valence electrons. The van der Waals surface area contributed by atoms with Gasteiger partial charge in [0.2, 0.25) is 0 Å². The van der Waals surface area contributed by atoms with Crippen LogP contribution in [0.2, 0.25) is 0 Å². The van der Waals surface area contributed by atoms with E-state index in [0.29, 0.717) is 25.5 Å². The average molecular weight is 289 g/mol. The first-order valence-corrected chi connectivity index (χ1v) is 6.07. The van der Waals surface area contributed by atoms with E-state index in [4.69, 9.17) is 5.11 Å². The Kier molecular flexibility index (Phi) is 3.74. The summed E-state index contributed by atoms with van der Waals surface area (Å²) in [7, 11) is 0. The van der Waals surface area contributed by atoms with Gasteiger partial charge in [0.1, 0.15) is 5.82 Å². The van der Waals surface area contributed by atoms with Gasteiger partial charge in [0.15, 0.2) is 0 Å². The maximum absolute atomic E-state index is 12.4. The molecule has 1 N–H and O–H groups in total. The molecule has 0 aromatic carbocycles. The smallest absolute Gasteiger partial charge is 0.417 e. The summed E-state index contributed by atoms with van der Waals surface area (Å²) in [5, 5.41) is 8.96. The fourth-order valence-corrected chi connectivity index (χ4v) is 2.19.